The Morgan fingerprint density at radius 2 is 2.13 bits per heavy atom. The summed E-state index contributed by atoms with van der Waals surface area (Å²) in [6.07, 6.45) is 2.85. The molecule has 1 saturated carbocycles. The Balaban J connectivity index is 1.50. The zero-order valence-corrected chi connectivity index (χ0v) is 13.7. The lowest BCUT2D eigenvalue weighted by Gasteiger charge is -2.35. The normalized spacial score (nSPS) is 21.7. The van der Waals surface area contributed by atoms with Gasteiger partial charge in [0.2, 0.25) is 5.91 Å². The first-order chi connectivity index (χ1) is 11.1. The summed E-state index contributed by atoms with van der Waals surface area (Å²) in [5, 5.41) is 0. The van der Waals surface area contributed by atoms with E-state index in [1.165, 1.54) is 18.9 Å². The highest BCUT2D eigenvalue weighted by Gasteiger charge is 2.28. The third-order valence-corrected chi connectivity index (χ3v) is 4.57. The number of hydrogen-bond acceptors (Lipinski definition) is 3. The molecule has 0 radical (unpaired) electrons. The van der Waals surface area contributed by atoms with Crippen molar-refractivity contribution in [1.82, 2.24) is 9.80 Å². The van der Waals surface area contributed by atoms with E-state index in [-0.39, 0.29) is 24.2 Å². The molecule has 1 aromatic rings. The third kappa shape index (κ3) is 4.75. The average molecular weight is 320 g/mol. The molecule has 0 aromatic heterocycles. The largest absolute Gasteiger partial charge is 0.373 e. The van der Waals surface area contributed by atoms with Crippen molar-refractivity contribution in [2.45, 2.75) is 25.4 Å². The molecule has 2 aliphatic rings. The van der Waals surface area contributed by atoms with Crippen molar-refractivity contribution in [3.8, 4) is 0 Å². The van der Waals surface area contributed by atoms with E-state index in [1.807, 2.05) is 4.90 Å². The fourth-order valence-electron chi connectivity index (χ4n) is 3.14. The van der Waals surface area contributed by atoms with E-state index >= 15 is 0 Å². The molecule has 3 rings (SSSR count). The quantitative estimate of drug-likeness (QED) is 0.803. The zero-order valence-electron chi connectivity index (χ0n) is 13.7. The molecule has 1 aliphatic carbocycles. The Bertz CT molecular complexity index is 548. The number of carbonyl (C=O) groups is 1. The summed E-state index contributed by atoms with van der Waals surface area (Å²) >= 11 is 0. The van der Waals surface area contributed by atoms with Gasteiger partial charge in [-0.25, -0.2) is 4.39 Å². The molecule has 1 saturated heterocycles. The molecular formula is C18H25FN2O2. The molecule has 1 aliphatic heterocycles. The van der Waals surface area contributed by atoms with Crippen LogP contribution < -0.4 is 0 Å². The number of benzene rings is 1. The molecule has 0 spiro atoms. The van der Waals surface area contributed by atoms with Gasteiger partial charge in [-0.15, -0.1) is 0 Å². The second-order valence-electron chi connectivity index (χ2n) is 6.77. The molecule has 0 unspecified atom stereocenters. The molecule has 23 heavy (non-hydrogen) atoms. The minimum absolute atomic E-state index is 0.0201. The first-order valence-corrected chi connectivity index (χ1v) is 8.43. The molecule has 4 nitrogen and oxygen atoms in total. The number of hydrogen-bond donors (Lipinski definition) is 0. The van der Waals surface area contributed by atoms with Crippen LogP contribution >= 0.6 is 0 Å². The van der Waals surface area contributed by atoms with E-state index in [4.69, 9.17) is 4.74 Å². The van der Waals surface area contributed by atoms with Crippen molar-refractivity contribution in [3.63, 3.8) is 0 Å². The number of halogens is 1. The van der Waals surface area contributed by atoms with Gasteiger partial charge in [0.1, 0.15) is 5.82 Å². The Labute approximate surface area is 137 Å². The zero-order chi connectivity index (χ0) is 16.2. The van der Waals surface area contributed by atoms with E-state index in [1.54, 1.807) is 18.2 Å². The van der Waals surface area contributed by atoms with Gasteiger partial charge in [0.15, 0.2) is 0 Å². The smallest absolute Gasteiger partial charge is 0.227 e. The van der Waals surface area contributed by atoms with E-state index < -0.39 is 0 Å². The van der Waals surface area contributed by atoms with Crippen LogP contribution in [0, 0.1) is 11.7 Å². The van der Waals surface area contributed by atoms with Crippen LogP contribution in [0.1, 0.15) is 18.4 Å². The Kier molecular flexibility index (Phi) is 5.28. The van der Waals surface area contributed by atoms with Gasteiger partial charge in [0, 0.05) is 26.2 Å². The summed E-state index contributed by atoms with van der Waals surface area (Å²) in [4.78, 5) is 16.5. The summed E-state index contributed by atoms with van der Waals surface area (Å²) < 4.78 is 19.5. The lowest BCUT2D eigenvalue weighted by molar-refractivity contribution is -0.138. The fourth-order valence-corrected chi connectivity index (χ4v) is 3.14. The van der Waals surface area contributed by atoms with Crippen LogP contribution in [-0.2, 0) is 16.0 Å². The van der Waals surface area contributed by atoms with Gasteiger partial charge < -0.3 is 14.5 Å². The van der Waals surface area contributed by atoms with Crippen LogP contribution in [0.4, 0.5) is 4.39 Å². The van der Waals surface area contributed by atoms with E-state index in [0.29, 0.717) is 25.3 Å². The number of rotatable bonds is 6. The monoisotopic (exact) mass is 320 g/mol. The maximum Gasteiger partial charge on any atom is 0.227 e. The van der Waals surface area contributed by atoms with Gasteiger partial charge >= 0.3 is 0 Å². The molecule has 1 heterocycles. The molecule has 126 valence electrons. The summed E-state index contributed by atoms with van der Waals surface area (Å²) in [6.45, 7) is 3.71. The van der Waals surface area contributed by atoms with Crippen LogP contribution in [0.2, 0.25) is 0 Å². The van der Waals surface area contributed by atoms with Crippen molar-refractivity contribution < 1.29 is 13.9 Å². The van der Waals surface area contributed by atoms with Crippen LogP contribution in [0.3, 0.4) is 0 Å². The predicted molar refractivity (Wildman–Crippen MR) is 86.6 cm³/mol. The van der Waals surface area contributed by atoms with Crippen molar-refractivity contribution in [3.05, 3.63) is 35.6 Å². The van der Waals surface area contributed by atoms with Crippen molar-refractivity contribution in [2.24, 2.45) is 5.92 Å². The van der Waals surface area contributed by atoms with Gasteiger partial charge in [-0.2, -0.15) is 0 Å². The maximum absolute atomic E-state index is 13.7. The standard InChI is InChI=1S/C18H25FN2O2/c1-20(11-14-6-7-14)12-16-13-21(8-9-23-16)18(22)10-15-4-2-3-5-17(15)19/h2-5,14,16H,6-13H2,1H3/t16-/m1/s1. The van der Waals surface area contributed by atoms with Crippen LogP contribution in [-0.4, -0.2) is 61.6 Å². The number of likely N-dealkylation sites (N-methyl/N-ethyl adjacent to an activating group) is 1. The summed E-state index contributed by atoms with van der Waals surface area (Å²) in [5.41, 5.74) is 0.464. The van der Waals surface area contributed by atoms with Gasteiger partial charge in [-0.05, 0) is 37.4 Å². The molecule has 5 heteroatoms. The van der Waals surface area contributed by atoms with Crippen molar-refractivity contribution in [1.29, 1.82) is 0 Å². The summed E-state index contributed by atoms with van der Waals surface area (Å²) in [6, 6.07) is 6.48. The van der Waals surface area contributed by atoms with Crippen LogP contribution in [0.25, 0.3) is 0 Å². The lowest BCUT2D eigenvalue weighted by Crippen LogP contribution is -2.49. The van der Waals surface area contributed by atoms with Crippen molar-refractivity contribution in [2.75, 3.05) is 39.8 Å². The first kappa shape index (κ1) is 16.4. The number of morpholine rings is 1. The topological polar surface area (TPSA) is 32.8 Å². The van der Waals surface area contributed by atoms with Gasteiger partial charge in [0.25, 0.3) is 0 Å². The SMILES string of the molecule is CN(CC1CC1)C[C@@H]1CN(C(=O)Cc2ccccc2F)CCO1. The van der Waals surface area contributed by atoms with Crippen molar-refractivity contribution >= 4 is 5.91 Å². The van der Waals surface area contributed by atoms with Gasteiger partial charge in [0.05, 0.1) is 19.1 Å². The molecule has 1 atom stereocenters. The minimum atomic E-state index is -0.310. The summed E-state index contributed by atoms with van der Waals surface area (Å²) in [5.74, 6) is 0.519. The highest BCUT2D eigenvalue weighted by molar-refractivity contribution is 5.79. The van der Waals surface area contributed by atoms with Crippen LogP contribution in [0.15, 0.2) is 24.3 Å². The van der Waals surface area contributed by atoms with E-state index in [0.717, 1.165) is 19.0 Å². The molecular weight excluding hydrogens is 295 g/mol. The highest BCUT2D eigenvalue weighted by Crippen LogP contribution is 2.29. The van der Waals surface area contributed by atoms with Gasteiger partial charge in [-0.3, -0.25) is 4.79 Å². The summed E-state index contributed by atoms with van der Waals surface area (Å²) in [7, 11) is 2.11. The number of carbonyl (C=O) groups excluding carboxylic acids is 1. The second kappa shape index (κ2) is 7.41. The molecule has 0 bridgehead atoms. The number of ether oxygens (including phenoxy) is 1. The van der Waals surface area contributed by atoms with Crippen LogP contribution in [0.5, 0.6) is 0 Å². The molecule has 1 aromatic carbocycles. The Hall–Kier alpha value is -1.46. The van der Waals surface area contributed by atoms with E-state index in [9.17, 15) is 9.18 Å². The van der Waals surface area contributed by atoms with Gasteiger partial charge in [-0.1, -0.05) is 18.2 Å². The Morgan fingerprint density at radius 3 is 2.87 bits per heavy atom. The van der Waals surface area contributed by atoms with E-state index in [2.05, 4.69) is 11.9 Å². The Morgan fingerprint density at radius 1 is 1.35 bits per heavy atom. The maximum atomic E-state index is 13.7. The molecule has 2 fully saturated rings. The average Bonchev–Trinajstić information content (AvgIpc) is 3.33. The molecule has 0 N–H and O–H groups in total. The third-order valence-electron chi connectivity index (χ3n) is 4.57. The predicted octanol–water partition coefficient (Wildman–Crippen LogP) is 1.94. The number of nitrogens with zero attached hydrogens (tertiary/aromatic N) is 2. The highest BCUT2D eigenvalue weighted by atomic mass is 19.1. The molecule has 1 amide bonds. The first-order valence-electron chi connectivity index (χ1n) is 8.43. The number of amides is 1. The lowest BCUT2D eigenvalue weighted by atomic mass is 10.1. The fraction of sp³-hybridized carbons (Fsp3) is 0.611. The second-order valence-corrected chi connectivity index (χ2v) is 6.77. The minimum Gasteiger partial charge on any atom is -0.373 e.